The quantitative estimate of drug-likeness (QED) is 0.0564. The Hall–Kier alpha value is -4.40. The van der Waals surface area contributed by atoms with E-state index in [0.29, 0.717) is 5.56 Å². The molecule has 0 aliphatic rings. The minimum atomic E-state index is -1.50. The number of carbonyl (C=O) groups excluding carboxylic acids is 3. The van der Waals surface area contributed by atoms with Gasteiger partial charge in [0.1, 0.15) is 23.9 Å². The second kappa shape index (κ2) is 17.3. The fourth-order valence-electron chi connectivity index (χ4n) is 3.80. The molecule has 12 N–H and O–H groups in total. The van der Waals surface area contributed by atoms with E-state index in [-0.39, 0.29) is 56.3 Å². The average molecular weight is 580 g/mol. The summed E-state index contributed by atoms with van der Waals surface area (Å²) in [7, 11) is 0. The van der Waals surface area contributed by atoms with E-state index in [1.54, 1.807) is 12.1 Å². The maximum Gasteiger partial charge on any atom is 0.326 e. The monoisotopic (exact) mass is 579 g/mol. The van der Waals surface area contributed by atoms with Crippen LogP contribution in [0.15, 0.2) is 29.3 Å². The zero-order chi connectivity index (χ0) is 31.1. The largest absolute Gasteiger partial charge is 0.508 e. The Morgan fingerprint density at radius 2 is 1.41 bits per heavy atom. The Labute approximate surface area is 237 Å². The van der Waals surface area contributed by atoms with Gasteiger partial charge in [0, 0.05) is 13.0 Å². The SMILES string of the molecule is CC(C)CC(NC(=O)C(N)Cc1ccc(O)cc1)C(=O)NC(CCCN=C(N)N)C(=O)NC(CCC(=O)O)C(=O)O. The topological polar surface area (TPSA) is 273 Å². The van der Waals surface area contributed by atoms with Gasteiger partial charge in [0.05, 0.1) is 6.04 Å². The summed E-state index contributed by atoms with van der Waals surface area (Å²) in [5, 5.41) is 35.2. The lowest BCUT2D eigenvalue weighted by Gasteiger charge is -2.26. The van der Waals surface area contributed by atoms with Gasteiger partial charge in [0.15, 0.2) is 5.96 Å². The van der Waals surface area contributed by atoms with Crippen LogP contribution < -0.4 is 33.2 Å². The van der Waals surface area contributed by atoms with E-state index in [4.69, 9.17) is 22.3 Å². The van der Waals surface area contributed by atoms with E-state index in [2.05, 4.69) is 20.9 Å². The number of amides is 3. The summed E-state index contributed by atoms with van der Waals surface area (Å²) in [6.07, 6.45) is -0.251. The number of phenols is 1. The van der Waals surface area contributed by atoms with Crippen molar-refractivity contribution in [1.82, 2.24) is 16.0 Å². The van der Waals surface area contributed by atoms with Crippen molar-refractivity contribution in [3.05, 3.63) is 29.8 Å². The maximum atomic E-state index is 13.3. The smallest absolute Gasteiger partial charge is 0.326 e. The molecule has 1 rings (SSSR count). The summed E-state index contributed by atoms with van der Waals surface area (Å²) >= 11 is 0. The highest BCUT2D eigenvalue weighted by Crippen LogP contribution is 2.12. The van der Waals surface area contributed by atoms with E-state index in [9.17, 15) is 34.2 Å². The second-order valence-electron chi connectivity index (χ2n) is 10.0. The number of nitrogens with two attached hydrogens (primary N) is 3. The van der Waals surface area contributed by atoms with Gasteiger partial charge in [-0.1, -0.05) is 26.0 Å². The molecular weight excluding hydrogens is 538 g/mol. The van der Waals surface area contributed by atoms with Crippen LogP contribution in [0, 0.1) is 5.92 Å². The minimum absolute atomic E-state index is 0.0162. The van der Waals surface area contributed by atoms with Gasteiger partial charge in [-0.05, 0) is 55.7 Å². The number of benzene rings is 1. The van der Waals surface area contributed by atoms with Crippen LogP contribution in [0.5, 0.6) is 5.75 Å². The molecule has 3 amide bonds. The fraction of sp³-hybridized carbons (Fsp3) is 0.538. The highest BCUT2D eigenvalue weighted by molar-refractivity contribution is 5.94. The molecule has 41 heavy (non-hydrogen) atoms. The molecule has 0 aliphatic heterocycles. The number of guanidine groups is 1. The molecule has 1 aromatic rings. The lowest BCUT2D eigenvalue weighted by molar-refractivity contribution is -0.143. The van der Waals surface area contributed by atoms with Crippen LogP contribution in [0.3, 0.4) is 0 Å². The zero-order valence-electron chi connectivity index (χ0n) is 23.2. The third-order valence-electron chi connectivity index (χ3n) is 5.91. The summed E-state index contributed by atoms with van der Waals surface area (Å²) < 4.78 is 0. The first-order valence-corrected chi connectivity index (χ1v) is 13.1. The summed E-state index contributed by atoms with van der Waals surface area (Å²) in [6, 6.07) is 1.35. The molecule has 4 unspecified atom stereocenters. The van der Waals surface area contributed by atoms with Crippen LogP contribution >= 0.6 is 0 Å². The number of aliphatic imine (C=N–C) groups is 1. The van der Waals surface area contributed by atoms with Crippen LogP contribution in [0.1, 0.15) is 51.5 Å². The standard InChI is InChI=1S/C26H41N7O8/c1-14(2)12-20(33-22(37)17(27)13-15-5-7-16(34)8-6-15)24(39)31-18(4-3-11-30-26(28)29)23(38)32-19(25(40)41)9-10-21(35)36/h5-8,14,17-20,34H,3-4,9-13,27H2,1-2H3,(H,31,39)(H,32,38)(H,33,37)(H,35,36)(H,40,41)(H4,28,29,30). The Morgan fingerprint density at radius 1 is 0.854 bits per heavy atom. The molecule has 15 nitrogen and oxygen atoms in total. The van der Waals surface area contributed by atoms with Crippen molar-refractivity contribution in [3.63, 3.8) is 0 Å². The van der Waals surface area contributed by atoms with Crippen LogP contribution in [0.25, 0.3) is 0 Å². The number of carboxylic acids is 2. The molecule has 0 aliphatic carbocycles. The van der Waals surface area contributed by atoms with Crippen LogP contribution in [0.2, 0.25) is 0 Å². The molecule has 4 atom stereocenters. The van der Waals surface area contributed by atoms with E-state index in [0.717, 1.165) is 0 Å². The number of aliphatic carboxylic acids is 2. The van der Waals surface area contributed by atoms with Crippen molar-refractivity contribution in [1.29, 1.82) is 0 Å². The van der Waals surface area contributed by atoms with E-state index in [1.807, 2.05) is 13.8 Å². The number of aromatic hydroxyl groups is 1. The van der Waals surface area contributed by atoms with Crippen LogP contribution in [-0.4, -0.2) is 81.7 Å². The van der Waals surface area contributed by atoms with Crippen LogP contribution in [-0.2, 0) is 30.4 Å². The predicted octanol–water partition coefficient (Wildman–Crippen LogP) is -1.23. The van der Waals surface area contributed by atoms with Crippen molar-refractivity contribution in [2.45, 2.75) is 76.5 Å². The molecule has 0 spiro atoms. The predicted molar refractivity (Wildman–Crippen MR) is 149 cm³/mol. The van der Waals surface area contributed by atoms with Gasteiger partial charge in [-0.2, -0.15) is 0 Å². The summed E-state index contributed by atoms with van der Waals surface area (Å²) in [5.41, 5.74) is 17.4. The maximum absolute atomic E-state index is 13.3. The lowest BCUT2D eigenvalue weighted by atomic mass is 10.0. The molecule has 1 aromatic carbocycles. The number of hydrogen-bond acceptors (Lipinski definition) is 8. The summed E-state index contributed by atoms with van der Waals surface area (Å²) in [5.74, 6) is -4.95. The van der Waals surface area contributed by atoms with Gasteiger partial charge in [0.25, 0.3) is 0 Å². The number of carbonyl (C=O) groups is 5. The van der Waals surface area contributed by atoms with Crippen molar-refractivity contribution in [2.24, 2.45) is 28.1 Å². The van der Waals surface area contributed by atoms with E-state index >= 15 is 0 Å². The Bertz CT molecular complexity index is 1070. The fourth-order valence-corrected chi connectivity index (χ4v) is 3.80. The lowest BCUT2D eigenvalue weighted by Crippen LogP contribution is -2.57. The first kappa shape index (κ1) is 34.6. The number of nitrogens with one attached hydrogen (secondary N) is 3. The zero-order valence-corrected chi connectivity index (χ0v) is 23.2. The number of hydrogen-bond donors (Lipinski definition) is 9. The first-order chi connectivity index (χ1) is 19.2. The minimum Gasteiger partial charge on any atom is -0.508 e. The molecule has 0 heterocycles. The highest BCUT2D eigenvalue weighted by Gasteiger charge is 2.30. The molecule has 15 heteroatoms. The number of rotatable bonds is 18. The molecule has 0 aromatic heterocycles. The number of carboxylic acid groups (broad SMARTS) is 2. The second-order valence-corrected chi connectivity index (χ2v) is 10.0. The van der Waals surface area contributed by atoms with Gasteiger partial charge < -0.3 is 48.5 Å². The summed E-state index contributed by atoms with van der Waals surface area (Å²) in [6.45, 7) is 3.80. The Morgan fingerprint density at radius 3 is 1.95 bits per heavy atom. The average Bonchev–Trinajstić information content (AvgIpc) is 2.88. The third kappa shape index (κ3) is 14.0. The highest BCUT2D eigenvalue weighted by atomic mass is 16.4. The molecule has 228 valence electrons. The van der Waals surface area contributed by atoms with Crippen molar-refractivity contribution in [3.8, 4) is 5.75 Å². The Kier molecular flexibility index (Phi) is 14.6. The summed E-state index contributed by atoms with van der Waals surface area (Å²) in [4.78, 5) is 65.5. The molecule has 0 bridgehead atoms. The number of phenolic OH excluding ortho intramolecular Hbond substituents is 1. The van der Waals surface area contributed by atoms with E-state index in [1.165, 1.54) is 12.1 Å². The third-order valence-corrected chi connectivity index (χ3v) is 5.91. The first-order valence-electron chi connectivity index (χ1n) is 13.1. The van der Waals surface area contributed by atoms with Gasteiger partial charge >= 0.3 is 11.9 Å². The van der Waals surface area contributed by atoms with Crippen molar-refractivity contribution >= 4 is 35.6 Å². The number of nitrogens with zero attached hydrogens (tertiary/aromatic N) is 1. The molecule has 0 saturated heterocycles. The van der Waals surface area contributed by atoms with Gasteiger partial charge in [-0.3, -0.25) is 24.2 Å². The normalized spacial score (nSPS) is 13.8. The van der Waals surface area contributed by atoms with Gasteiger partial charge in [-0.25, -0.2) is 4.79 Å². The van der Waals surface area contributed by atoms with Gasteiger partial charge in [0.2, 0.25) is 17.7 Å². The molecule has 0 fully saturated rings. The molecule has 0 saturated carbocycles. The van der Waals surface area contributed by atoms with Gasteiger partial charge in [-0.15, -0.1) is 0 Å². The van der Waals surface area contributed by atoms with Crippen molar-refractivity contribution < 1.29 is 39.3 Å². The van der Waals surface area contributed by atoms with Crippen LogP contribution in [0.4, 0.5) is 0 Å². The molecular formula is C26H41N7O8. The van der Waals surface area contributed by atoms with Crippen molar-refractivity contribution in [2.75, 3.05) is 6.54 Å². The Balaban J connectivity index is 3.03. The van der Waals surface area contributed by atoms with E-state index < -0.39 is 60.2 Å². The molecule has 0 radical (unpaired) electrons.